The summed E-state index contributed by atoms with van der Waals surface area (Å²) in [6.45, 7) is 0. The smallest absolute Gasteiger partial charge is 0.397 e. The normalized spacial score (nSPS) is 12.0. The summed E-state index contributed by atoms with van der Waals surface area (Å²) in [5, 5.41) is 0.629. The van der Waals surface area contributed by atoms with Crippen molar-refractivity contribution in [2.45, 2.75) is 6.18 Å². The molecule has 0 saturated carbocycles. The first-order valence-corrected chi connectivity index (χ1v) is 9.72. The molecule has 0 fully saturated rings. The van der Waals surface area contributed by atoms with Gasteiger partial charge in [-0.2, -0.15) is 13.2 Å². The molecular weight excluding hydrogens is 443 g/mol. The number of fused-ring (bicyclic) bond motifs is 2. The van der Waals surface area contributed by atoms with Crippen molar-refractivity contribution in [3.63, 3.8) is 0 Å². The minimum atomic E-state index is -4.69. The second-order valence-electron chi connectivity index (χ2n) is 7.11. The number of rotatable bonds is 2. The van der Waals surface area contributed by atoms with Gasteiger partial charge in [-0.15, -0.1) is 0 Å². The second-order valence-corrected chi connectivity index (χ2v) is 7.55. The topological polar surface area (TPSA) is 78.2 Å². The van der Waals surface area contributed by atoms with Gasteiger partial charge in [-0.1, -0.05) is 17.7 Å². The first kappa shape index (κ1) is 20.1. The molecule has 5 rings (SSSR count). The number of hydrogen-bond acceptors (Lipinski definition) is 4. The van der Waals surface area contributed by atoms with Gasteiger partial charge in [0.1, 0.15) is 11.3 Å². The van der Waals surface area contributed by atoms with Crippen LogP contribution in [0.5, 0.6) is 0 Å². The van der Waals surface area contributed by atoms with E-state index in [-0.39, 0.29) is 22.3 Å². The largest absolute Gasteiger partial charge is 0.433 e. The maximum absolute atomic E-state index is 13.6. The van der Waals surface area contributed by atoms with E-state index in [0.717, 1.165) is 16.2 Å². The number of anilines is 1. The average molecular weight is 456 g/mol. The average Bonchev–Trinajstić information content (AvgIpc) is 3.22. The van der Waals surface area contributed by atoms with E-state index in [1.165, 1.54) is 30.3 Å². The standard InChI is InChI=1S/C22H13ClF3N5O/c23-13-2-5-14(6-3-13)31-20-16(7-8-17(29-20)22(24,25)26)19(27)18(21(31)32)12-1-4-15-9-28-11-30(15)10-12/h1-11H,27H2. The minimum Gasteiger partial charge on any atom is -0.397 e. The van der Waals surface area contributed by atoms with Crippen molar-refractivity contribution in [2.24, 2.45) is 0 Å². The van der Waals surface area contributed by atoms with Crippen LogP contribution in [0.4, 0.5) is 18.9 Å². The van der Waals surface area contributed by atoms with Gasteiger partial charge in [-0.05, 0) is 42.5 Å². The fraction of sp³-hybridized carbons (Fsp3) is 0.0455. The number of halogens is 4. The molecule has 6 nitrogen and oxygen atoms in total. The Hall–Kier alpha value is -3.85. The third-order valence-corrected chi connectivity index (χ3v) is 5.39. The molecule has 10 heteroatoms. The lowest BCUT2D eigenvalue weighted by Crippen LogP contribution is -2.24. The van der Waals surface area contributed by atoms with Gasteiger partial charge in [-0.25, -0.2) is 9.97 Å². The lowest BCUT2D eigenvalue weighted by molar-refractivity contribution is -0.141. The van der Waals surface area contributed by atoms with E-state index < -0.39 is 17.4 Å². The van der Waals surface area contributed by atoms with E-state index >= 15 is 0 Å². The quantitative estimate of drug-likeness (QED) is 0.408. The maximum atomic E-state index is 13.6. The van der Waals surface area contributed by atoms with Gasteiger partial charge in [0.05, 0.1) is 35.0 Å². The molecule has 0 saturated heterocycles. The van der Waals surface area contributed by atoms with Gasteiger partial charge in [-0.3, -0.25) is 9.36 Å². The van der Waals surface area contributed by atoms with Crippen molar-refractivity contribution in [3.8, 4) is 16.8 Å². The van der Waals surface area contributed by atoms with Crippen LogP contribution in [0.25, 0.3) is 33.4 Å². The van der Waals surface area contributed by atoms with Crippen LogP contribution in [-0.2, 0) is 6.18 Å². The number of aromatic nitrogens is 4. The van der Waals surface area contributed by atoms with Gasteiger partial charge >= 0.3 is 6.18 Å². The van der Waals surface area contributed by atoms with Crippen LogP contribution in [0.1, 0.15) is 5.69 Å². The Balaban J connectivity index is 1.90. The van der Waals surface area contributed by atoms with E-state index in [1.54, 1.807) is 35.3 Å². The first-order valence-electron chi connectivity index (χ1n) is 9.34. The molecule has 2 N–H and O–H groups in total. The molecule has 0 aliphatic carbocycles. The van der Waals surface area contributed by atoms with Crippen molar-refractivity contribution in [1.29, 1.82) is 0 Å². The van der Waals surface area contributed by atoms with Crippen LogP contribution >= 0.6 is 11.6 Å². The summed E-state index contributed by atoms with van der Waals surface area (Å²) < 4.78 is 42.9. The van der Waals surface area contributed by atoms with E-state index in [2.05, 4.69) is 9.97 Å². The SMILES string of the molecule is Nc1c(-c2ccc3cncn3c2)c(=O)n(-c2ccc(Cl)cc2)c2nc(C(F)(F)F)ccc12. The fourth-order valence-corrected chi connectivity index (χ4v) is 3.75. The third-order valence-electron chi connectivity index (χ3n) is 5.14. The highest BCUT2D eigenvalue weighted by molar-refractivity contribution is 6.30. The summed E-state index contributed by atoms with van der Waals surface area (Å²) in [5.41, 5.74) is 6.17. The number of nitrogens with two attached hydrogens (primary N) is 1. The number of pyridine rings is 3. The van der Waals surface area contributed by atoms with Crippen LogP contribution in [0.2, 0.25) is 5.02 Å². The molecule has 0 aliphatic heterocycles. The highest BCUT2D eigenvalue weighted by atomic mass is 35.5. The Morgan fingerprint density at radius 3 is 2.47 bits per heavy atom. The summed E-state index contributed by atoms with van der Waals surface area (Å²) in [4.78, 5) is 21.4. The van der Waals surface area contributed by atoms with Gasteiger partial charge in [0, 0.05) is 22.2 Å². The van der Waals surface area contributed by atoms with Crippen LogP contribution in [0.3, 0.4) is 0 Å². The molecule has 0 bridgehead atoms. The highest BCUT2D eigenvalue weighted by Gasteiger charge is 2.33. The van der Waals surface area contributed by atoms with E-state index in [1.807, 2.05) is 0 Å². The molecule has 4 aromatic heterocycles. The Labute approximate surface area is 183 Å². The molecule has 5 aromatic rings. The summed E-state index contributed by atoms with van der Waals surface area (Å²) in [6, 6.07) is 11.7. The highest BCUT2D eigenvalue weighted by Crippen LogP contribution is 2.34. The van der Waals surface area contributed by atoms with Gasteiger partial charge in [0.2, 0.25) is 0 Å². The Kier molecular flexibility index (Phi) is 4.45. The van der Waals surface area contributed by atoms with Crippen molar-refractivity contribution in [3.05, 3.63) is 88.3 Å². The van der Waals surface area contributed by atoms with E-state index in [0.29, 0.717) is 16.3 Å². The number of nitrogen functional groups attached to an aromatic ring is 1. The zero-order chi connectivity index (χ0) is 22.6. The molecule has 0 amide bonds. The molecule has 32 heavy (non-hydrogen) atoms. The number of hydrogen-bond donors (Lipinski definition) is 1. The van der Waals surface area contributed by atoms with Crippen LogP contribution in [0, 0.1) is 0 Å². The number of benzene rings is 1. The summed E-state index contributed by atoms with van der Waals surface area (Å²) in [6.07, 6.45) is 0.229. The molecule has 4 heterocycles. The summed E-state index contributed by atoms with van der Waals surface area (Å²) >= 11 is 5.96. The Bertz CT molecular complexity index is 1550. The first-order chi connectivity index (χ1) is 15.2. The zero-order valence-electron chi connectivity index (χ0n) is 16.1. The van der Waals surface area contributed by atoms with Gasteiger partial charge in [0.15, 0.2) is 0 Å². The lowest BCUT2D eigenvalue weighted by Gasteiger charge is -2.17. The Morgan fingerprint density at radius 2 is 1.75 bits per heavy atom. The van der Waals surface area contributed by atoms with Gasteiger partial charge < -0.3 is 10.1 Å². The van der Waals surface area contributed by atoms with Crippen molar-refractivity contribution < 1.29 is 13.2 Å². The molecule has 1 aromatic carbocycles. The molecule has 0 spiro atoms. The minimum absolute atomic E-state index is 0.0379. The summed E-state index contributed by atoms with van der Waals surface area (Å²) in [5.74, 6) is 0. The van der Waals surface area contributed by atoms with Crippen molar-refractivity contribution in [2.75, 3.05) is 5.73 Å². The lowest BCUT2D eigenvalue weighted by atomic mass is 10.0. The third kappa shape index (κ3) is 3.18. The molecule has 0 atom stereocenters. The Morgan fingerprint density at radius 1 is 1.00 bits per heavy atom. The maximum Gasteiger partial charge on any atom is 0.433 e. The zero-order valence-corrected chi connectivity index (χ0v) is 16.9. The molecule has 160 valence electrons. The predicted octanol–water partition coefficient (Wildman–Crippen LogP) is 4.95. The van der Waals surface area contributed by atoms with E-state index in [9.17, 15) is 18.0 Å². The molecule has 0 radical (unpaired) electrons. The summed E-state index contributed by atoms with van der Waals surface area (Å²) in [7, 11) is 0. The van der Waals surface area contributed by atoms with Gasteiger partial charge in [0.25, 0.3) is 5.56 Å². The monoisotopic (exact) mass is 455 g/mol. The van der Waals surface area contributed by atoms with Crippen LogP contribution in [-0.4, -0.2) is 18.9 Å². The predicted molar refractivity (Wildman–Crippen MR) is 116 cm³/mol. The van der Waals surface area contributed by atoms with Crippen LogP contribution in [0.15, 0.2) is 72.0 Å². The second kappa shape index (κ2) is 7.10. The fourth-order valence-electron chi connectivity index (χ4n) is 3.62. The van der Waals surface area contributed by atoms with Crippen molar-refractivity contribution in [1.82, 2.24) is 18.9 Å². The molecule has 0 unspecified atom stereocenters. The van der Waals surface area contributed by atoms with E-state index in [4.69, 9.17) is 17.3 Å². The van der Waals surface area contributed by atoms with Crippen molar-refractivity contribution >= 4 is 33.8 Å². The number of nitrogens with zero attached hydrogens (tertiary/aromatic N) is 4. The molecular formula is C22H13ClF3N5O. The van der Waals surface area contributed by atoms with Crippen LogP contribution < -0.4 is 11.3 Å². The molecule has 0 aliphatic rings. The number of alkyl halides is 3. The number of imidazole rings is 1.